The number of fused-ring (bicyclic) bond motifs is 1. The van der Waals surface area contributed by atoms with Gasteiger partial charge in [-0.2, -0.15) is 0 Å². The average Bonchev–Trinajstić information content (AvgIpc) is 3.27. The number of hydrogen-bond acceptors (Lipinski definition) is 4. The van der Waals surface area contributed by atoms with Crippen LogP contribution >= 0.6 is 0 Å². The summed E-state index contributed by atoms with van der Waals surface area (Å²) in [5.41, 5.74) is 3.35. The van der Waals surface area contributed by atoms with E-state index in [1.165, 1.54) is 44.2 Å². The van der Waals surface area contributed by atoms with Gasteiger partial charge in [0.05, 0.1) is 18.5 Å². The second-order valence-corrected chi connectivity index (χ2v) is 8.74. The lowest BCUT2D eigenvalue weighted by Crippen LogP contribution is -2.15. The van der Waals surface area contributed by atoms with Gasteiger partial charge in [-0.25, -0.2) is 13.9 Å². The molecule has 6 heteroatoms. The first-order chi connectivity index (χ1) is 16.2. The van der Waals surface area contributed by atoms with E-state index in [2.05, 4.69) is 10.1 Å². The minimum absolute atomic E-state index is 0.283. The van der Waals surface area contributed by atoms with Crippen LogP contribution < -0.4 is 9.47 Å². The molecule has 1 aliphatic carbocycles. The van der Waals surface area contributed by atoms with E-state index in [0.29, 0.717) is 11.8 Å². The lowest BCUT2D eigenvalue weighted by atomic mass is 9.90. The SMILES string of the molecule is C[C@@H](Oc1ccc2ncc(-c3ccc(OCC4CCCCC4)cc3)n2n1)c1cccc(F)c1. The predicted octanol–water partition coefficient (Wildman–Crippen LogP) is 6.63. The van der Waals surface area contributed by atoms with Gasteiger partial charge in [-0.3, -0.25) is 0 Å². The Morgan fingerprint density at radius 3 is 2.64 bits per heavy atom. The fourth-order valence-corrected chi connectivity index (χ4v) is 4.41. The molecule has 0 spiro atoms. The first kappa shape index (κ1) is 21.4. The molecule has 0 radical (unpaired) electrons. The van der Waals surface area contributed by atoms with Crippen molar-refractivity contribution < 1.29 is 13.9 Å². The highest BCUT2D eigenvalue weighted by atomic mass is 19.1. The second kappa shape index (κ2) is 9.61. The summed E-state index contributed by atoms with van der Waals surface area (Å²) in [6.07, 6.45) is 8.01. The third-order valence-corrected chi connectivity index (χ3v) is 6.31. The number of nitrogens with zero attached hydrogens (tertiary/aromatic N) is 3. The third-order valence-electron chi connectivity index (χ3n) is 6.31. The number of ether oxygens (including phenoxy) is 2. The zero-order valence-corrected chi connectivity index (χ0v) is 18.8. The lowest BCUT2D eigenvalue weighted by molar-refractivity contribution is 0.209. The van der Waals surface area contributed by atoms with E-state index in [4.69, 9.17) is 9.47 Å². The van der Waals surface area contributed by atoms with Crippen molar-refractivity contribution in [1.29, 1.82) is 0 Å². The number of benzene rings is 2. The van der Waals surface area contributed by atoms with Gasteiger partial charge < -0.3 is 9.47 Å². The highest BCUT2D eigenvalue weighted by Gasteiger charge is 2.15. The van der Waals surface area contributed by atoms with Crippen molar-refractivity contribution in [2.45, 2.75) is 45.1 Å². The van der Waals surface area contributed by atoms with Crippen LogP contribution in [0, 0.1) is 11.7 Å². The Hall–Kier alpha value is -3.41. The van der Waals surface area contributed by atoms with E-state index in [9.17, 15) is 4.39 Å². The molecule has 1 saturated carbocycles. The van der Waals surface area contributed by atoms with Crippen LogP contribution in [0.15, 0.2) is 66.9 Å². The summed E-state index contributed by atoms with van der Waals surface area (Å²) in [6.45, 7) is 2.67. The van der Waals surface area contributed by atoms with E-state index in [0.717, 1.165) is 34.8 Å². The molecule has 33 heavy (non-hydrogen) atoms. The van der Waals surface area contributed by atoms with Gasteiger partial charge in [0.2, 0.25) is 5.88 Å². The molecule has 1 aliphatic rings. The van der Waals surface area contributed by atoms with Crippen LogP contribution in [0.25, 0.3) is 16.9 Å². The molecule has 5 rings (SSSR count). The normalized spacial score (nSPS) is 15.5. The standard InChI is InChI=1S/C27H28FN3O2/c1-19(22-8-5-9-23(28)16-22)33-27-15-14-26-29-17-25(31(26)30-27)21-10-12-24(13-11-21)32-18-20-6-3-2-4-7-20/h5,8-17,19-20H,2-4,6-7,18H2,1H3/t19-/m1/s1. The van der Waals surface area contributed by atoms with Gasteiger partial charge in [0.15, 0.2) is 5.65 Å². The molecule has 2 heterocycles. The average molecular weight is 446 g/mol. The molecule has 0 aliphatic heterocycles. The van der Waals surface area contributed by atoms with Crippen LogP contribution in [-0.4, -0.2) is 21.2 Å². The summed E-state index contributed by atoms with van der Waals surface area (Å²) < 4.78 is 27.3. The molecule has 0 bridgehead atoms. The Bertz CT molecular complexity index is 1220. The fraction of sp³-hybridized carbons (Fsp3) is 0.333. The molecule has 0 saturated heterocycles. The van der Waals surface area contributed by atoms with E-state index in [1.54, 1.807) is 22.8 Å². The highest BCUT2D eigenvalue weighted by Crippen LogP contribution is 2.27. The Balaban J connectivity index is 1.31. The summed E-state index contributed by atoms with van der Waals surface area (Å²) >= 11 is 0. The first-order valence-electron chi connectivity index (χ1n) is 11.7. The number of imidazole rings is 1. The molecule has 0 N–H and O–H groups in total. The van der Waals surface area contributed by atoms with E-state index >= 15 is 0 Å². The van der Waals surface area contributed by atoms with Gasteiger partial charge in [-0.05, 0) is 73.7 Å². The van der Waals surface area contributed by atoms with Crippen molar-refractivity contribution in [2.24, 2.45) is 5.92 Å². The van der Waals surface area contributed by atoms with Gasteiger partial charge >= 0.3 is 0 Å². The molecular formula is C27H28FN3O2. The summed E-state index contributed by atoms with van der Waals surface area (Å²) in [4.78, 5) is 4.47. The summed E-state index contributed by atoms with van der Waals surface area (Å²) in [6, 6.07) is 18.1. The molecule has 4 aromatic rings. The lowest BCUT2D eigenvalue weighted by Gasteiger charge is -2.21. The van der Waals surface area contributed by atoms with Crippen molar-refractivity contribution in [3.63, 3.8) is 0 Å². The molecule has 0 unspecified atom stereocenters. The van der Waals surface area contributed by atoms with Gasteiger partial charge in [-0.1, -0.05) is 31.4 Å². The predicted molar refractivity (Wildman–Crippen MR) is 126 cm³/mol. The molecular weight excluding hydrogens is 417 g/mol. The Morgan fingerprint density at radius 1 is 1.03 bits per heavy atom. The summed E-state index contributed by atoms with van der Waals surface area (Å²) in [7, 11) is 0. The first-order valence-corrected chi connectivity index (χ1v) is 11.7. The second-order valence-electron chi connectivity index (χ2n) is 8.74. The fourth-order valence-electron chi connectivity index (χ4n) is 4.41. The van der Waals surface area contributed by atoms with Crippen LogP contribution in [0.5, 0.6) is 11.6 Å². The van der Waals surface area contributed by atoms with Crippen molar-refractivity contribution in [1.82, 2.24) is 14.6 Å². The third kappa shape index (κ3) is 5.00. The van der Waals surface area contributed by atoms with Crippen molar-refractivity contribution in [3.8, 4) is 22.9 Å². The smallest absolute Gasteiger partial charge is 0.232 e. The van der Waals surface area contributed by atoms with E-state index < -0.39 is 0 Å². The molecule has 5 nitrogen and oxygen atoms in total. The monoisotopic (exact) mass is 445 g/mol. The number of aromatic nitrogens is 3. The maximum absolute atomic E-state index is 13.6. The zero-order chi connectivity index (χ0) is 22.6. The van der Waals surface area contributed by atoms with Gasteiger partial charge in [0.25, 0.3) is 0 Å². The van der Waals surface area contributed by atoms with E-state index in [-0.39, 0.29) is 11.9 Å². The number of rotatable bonds is 7. The Kier molecular flexibility index (Phi) is 6.24. The van der Waals surface area contributed by atoms with Crippen LogP contribution in [0.1, 0.15) is 50.7 Å². The van der Waals surface area contributed by atoms with Gasteiger partial charge in [-0.15, -0.1) is 5.10 Å². The minimum Gasteiger partial charge on any atom is -0.493 e. The highest BCUT2D eigenvalue weighted by molar-refractivity contribution is 5.63. The number of halogens is 1. The van der Waals surface area contributed by atoms with Crippen molar-refractivity contribution in [3.05, 3.63) is 78.2 Å². The molecule has 170 valence electrons. The van der Waals surface area contributed by atoms with Crippen molar-refractivity contribution in [2.75, 3.05) is 6.61 Å². The maximum atomic E-state index is 13.6. The van der Waals surface area contributed by atoms with Crippen LogP contribution in [-0.2, 0) is 0 Å². The van der Waals surface area contributed by atoms with Crippen LogP contribution in [0.2, 0.25) is 0 Å². The largest absolute Gasteiger partial charge is 0.493 e. The van der Waals surface area contributed by atoms with Gasteiger partial charge in [0, 0.05) is 11.6 Å². The minimum atomic E-state index is -0.335. The quantitative estimate of drug-likeness (QED) is 0.320. The topological polar surface area (TPSA) is 48.7 Å². The molecule has 2 aromatic heterocycles. The van der Waals surface area contributed by atoms with Gasteiger partial charge in [0.1, 0.15) is 17.7 Å². The molecule has 2 aromatic carbocycles. The summed E-state index contributed by atoms with van der Waals surface area (Å²) in [5, 5.41) is 4.63. The van der Waals surface area contributed by atoms with Crippen molar-refractivity contribution >= 4 is 5.65 Å². The Morgan fingerprint density at radius 2 is 1.85 bits per heavy atom. The Labute approximate surface area is 193 Å². The maximum Gasteiger partial charge on any atom is 0.232 e. The molecule has 1 atom stereocenters. The van der Waals surface area contributed by atoms with E-state index in [1.807, 2.05) is 43.3 Å². The van der Waals surface area contributed by atoms with Crippen LogP contribution in [0.3, 0.4) is 0 Å². The summed E-state index contributed by atoms with van der Waals surface area (Å²) in [5.74, 6) is 1.73. The van der Waals surface area contributed by atoms with Crippen LogP contribution in [0.4, 0.5) is 4.39 Å². The molecule has 1 fully saturated rings. The molecule has 0 amide bonds. The zero-order valence-electron chi connectivity index (χ0n) is 18.8. The number of hydrogen-bond donors (Lipinski definition) is 0.